The zero-order chi connectivity index (χ0) is 19.9. The number of nitrogens with two attached hydrogens (primary N) is 1. The van der Waals surface area contributed by atoms with Gasteiger partial charge < -0.3 is 5.73 Å². The number of aromatic nitrogens is 4. The van der Waals surface area contributed by atoms with Gasteiger partial charge in [-0.3, -0.25) is 5.10 Å². The van der Waals surface area contributed by atoms with Gasteiger partial charge in [0.2, 0.25) is 16.0 Å². The average molecular weight is 419 g/mol. The fourth-order valence-electron chi connectivity index (χ4n) is 3.54. The Labute approximate surface area is 167 Å². The topological polar surface area (TPSA) is 118 Å². The first-order valence-corrected chi connectivity index (χ1v) is 11.3. The van der Waals surface area contributed by atoms with Crippen LogP contribution < -0.4 is 5.73 Å². The first-order chi connectivity index (χ1) is 13.3. The van der Waals surface area contributed by atoms with Gasteiger partial charge in [-0.1, -0.05) is 0 Å². The molecular formula is C18H22N6O2S2. The van der Waals surface area contributed by atoms with Crippen molar-refractivity contribution < 1.29 is 8.42 Å². The number of aromatic amines is 1. The van der Waals surface area contributed by atoms with E-state index in [0.717, 1.165) is 26.8 Å². The van der Waals surface area contributed by atoms with E-state index in [0.29, 0.717) is 30.8 Å². The molecule has 0 amide bonds. The molecule has 0 atom stereocenters. The molecule has 4 rings (SSSR count). The minimum absolute atomic E-state index is 0.197. The average Bonchev–Trinajstić information content (AvgIpc) is 3.28. The first-order valence-electron chi connectivity index (χ1n) is 9.06. The molecule has 10 heteroatoms. The molecule has 0 aromatic carbocycles. The number of rotatable bonds is 4. The van der Waals surface area contributed by atoms with Crippen LogP contribution in [0.3, 0.4) is 0 Å². The molecule has 8 nitrogen and oxygen atoms in total. The number of hydrogen-bond donors (Lipinski definition) is 2. The number of piperidine rings is 1. The molecule has 3 aromatic heterocycles. The van der Waals surface area contributed by atoms with Gasteiger partial charge in [-0.2, -0.15) is 9.40 Å². The maximum Gasteiger partial charge on any atom is 0.244 e. The van der Waals surface area contributed by atoms with Gasteiger partial charge in [-0.15, -0.1) is 11.3 Å². The Morgan fingerprint density at radius 3 is 2.64 bits per heavy atom. The maximum atomic E-state index is 13.2. The summed E-state index contributed by atoms with van der Waals surface area (Å²) < 4.78 is 28.0. The van der Waals surface area contributed by atoms with Gasteiger partial charge in [0.05, 0.1) is 9.77 Å². The van der Waals surface area contributed by atoms with Crippen molar-refractivity contribution in [2.45, 2.75) is 37.5 Å². The molecule has 3 N–H and O–H groups in total. The van der Waals surface area contributed by atoms with Crippen molar-refractivity contribution in [3.8, 4) is 10.6 Å². The maximum absolute atomic E-state index is 13.2. The second kappa shape index (κ2) is 7.26. The van der Waals surface area contributed by atoms with Crippen LogP contribution in [0.15, 0.2) is 29.3 Å². The molecule has 1 fully saturated rings. The summed E-state index contributed by atoms with van der Waals surface area (Å²) in [5.41, 5.74) is 8.27. The highest BCUT2D eigenvalue weighted by Crippen LogP contribution is 2.36. The minimum Gasteiger partial charge on any atom is -0.368 e. The van der Waals surface area contributed by atoms with E-state index in [1.807, 2.05) is 26.0 Å². The minimum atomic E-state index is -3.54. The van der Waals surface area contributed by atoms with Crippen LogP contribution >= 0.6 is 11.3 Å². The van der Waals surface area contributed by atoms with Crippen molar-refractivity contribution in [3.05, 3.63) is 40.7 Å². The van der Waals surface area contributed by atoms with E-state index in [-0.39, 0.29) is 11.9 Å². The van der Waals surface area contributed by atoms with E-state index in [9.17, 15) is 8.42 Å². The summed E-state index contributed by atoms with van der Waals surface area (Å²) in [6.45, 7) is 4.69. The van der Waals surface area contributed by atoms with Gasteiger partial charge in [0.25, 0.3) is 0 Å². The van der Waals surface area contributed by atoms with Crippen molar-refractivity contribution in [2.75, 3.05) is 18.8 Å². The molecule has 0 unspecified atom stereocenters. The summed E-state index contributed by atoms with van der Waals surface area (Å²) in [6, 6.07) is 5.51. The van der Waals surface area contributed by atoms with E-state index < -0.39 is 10.0 Å². The Morgan fingerprint density at radius 1 is 1.25 bits per heavy atom. The number of nitrogens with zero attached hydrogens (tertiary/aromatic N) is 4. The van der Waals surface area contributed by atoms with Crippen LogP contribution in [0.25, 0.3) is 10.6 Å². The largest absolute Gasteiger partial charge is 0.368 e. The Hall–Kier alpha value is -2.30. The predicted molar refractivity (Wildman–Crippen MR) is 109 cm³/mol. The van der Waals surface area contributed by atoms with Crippen LogP contribution in [0.1, 0.15) is 35.0 Å². The van der Waals surface area contributed by atoms with Gasteiger partial charge in [0.1, 0.15) is 5.69 Å². The highest BCUT2D eigenvalue weighted by Gasteiger charge is 2.32. The lowest BCUT2D eigenvalue weighted by Gasteiger charge is -2.30. The van der Waals surface area contributed by atoms with Crippen LogP contribution in [0, 0.1) is 13.8 Å². The number of hydrogen-bond acceptors (Lipinski definition) is 7. The van der Waals surface area contributed by atoms with Crippen molar-refractivity contribution in [1.82, 2.24) is 24.5 Å². The zero-order valence-corrected chi connectivity index (χ0v) is 17.3. The Morgan fingerprint density at radius 2 is 2.00 bits per heavy atom. The molecule has 1 aliphatic rings. The van der Waals surface area contributed by atoms with Gasteiger partial charge >= 0.3 is 0 Å². The third-order valence-electron chi connectivity index (χ3n) is 5.02. The van der Waals surface area contributed by atoms with Gasteiger partial charge in [0, 0.05) is 41.5 Å². The number of nitrogens with one attached hydrogen (secondary N) is 1. The van der Waals surface area contributed by atoms with E-state index in [1.54, 1.807) is 16.6 Å². The highest BCUT2D eigenvalue weighted by atomic mass is 32.2. The molecule has 3 aromatic rings. The van der Waals surface area contributed by atoms with Gasteiger partial charge in [-0.05, 0) is 44.9 Å². The first kappa shape index (κ1) is 19.0. The fraction of sp³-hybridized carbons (Fsp3) is 0.389. The lowest BCUT2D eigenvalue weighted by atomic mass is 9.94. The predicted octanol–water partition coefficient (Wildman–Crippen LogP) is 2.70. The van der Waals surface area contributed by atoms with Crippen LogP contribution in [0.2, 0.25) is 0 Å². The molecule has 0 aliphatic carbocycles. The van der Waals surface area contributed by atoms with E-state index in [1.165, 1.54) is 11.3 Å². The highest BCUT2D eigenvalue weighted by molar-refractivity contribution is 7.89. The standard InChI is InChI=1S/C18H22N6O2S2/c1-11-9-15(23-22-11)16-10-17(12(2)27-16)28(25,26)24-7-4-13(5-8-24)14-3-6-20-18(19)21-14/h3,6,9-10,13H,4-5,7-8H2,1-2H3,(H,22,23)(H2,19,20,21). The number of H-pyrrole nitrogens is 1. The molecular weight excluding hydrogens is 396 g/mol. The normalized spacial score (nSPS) is 16.5. The molecule has 0 bridgehead atoms. The van der Waals surface area contributed by atoms with Crippen LogP contribution in [0.5, 0.6) is 0 Å². The Kier molecular flexibility index (Phi) is 4.94. The number of anilines is 1. The van der Waals surface area contributed by atoms with Gasteiger partial charge in [0.15, 0.2) is 0 Å². The number of thiophene rings is 1. The summed E-state index contributed by atoms with van der Waals surface area (Å²) in [5, 5.41) is 7.14. The van der Waals surface area contributed by atoms with Crippen molar-refractivity contribution in [1.29, 1.82) is 0 Å². The molecule has 148 valence electrons. The lowest BCUT2D eigenvalue weighted by molar-refractivity contribution is 0.316. The fourth-order valence-corrected chi connectivity index (χ4v) is 6.53. The third kappa shape index (κ3) is 3.54. The van der Waals surface area contributed by atoms with Crippen LogP contribution in [-0.2, 0) is 10.0 Å². The van der Waals surface area contributed by atoms with Crippen molar-refractivity contribution in [2.24, 2.45) is 0 Å². The summed E-state index contributed by atoms with van der Waals surface area (Å²) >= 11 is 1.45. The number of aryl methyl sites for hydroxylation is 2. The second-order valence-corrected chi connectivity index (χ2v) is 10.1. The quantitative estimate of drug-likeness (QED) is 0.672. The van der Waals surface area contributed by atoms with Crippen molar-refractivity contribution >= 4 is 27.3 Å². The van der Waals surface area contributed by atoms with Crippen molar-refractivity contribution in [3.63, 3.8) is 0 Å². The summed E-state index contributed by atoms with van der Waals surface area (Å²) in [6.07, 6.45) is 3.07. The van der Waals surface area contributed by atoms with Gasteiger partial charge in [-0.25, -0.2) is 18.4 Å². The smallest absolute Gasteiger partial charge is 0.244 e. The molecule has 1 saturated heterocycles. The molecule has 4 heterocycles. The lowest BCUT2D eigenvalue weighted by Crippen LogP contribution is -2.38. The Bertz CT molecular complexity index is 1100. The summed E-state index contributed by atoms with van der Waals surface area (Å²) in [4.78, 5) is 10.2. The second-order valence-electron chi connectivity index (χ2n) is 6.99. The van der Waals surface area contributed by atoms with E-state index in [4.69, 9.17) is 5.73 Å². The Balaban J connectivity index is 1.53. The molecule has 28 heavy (non-hydrogen) atoms. The molecule has 1 aliphatic heterocycles. The number of sulfonamides is 1. The van der Waals surface area contributed by atoms with Crippen LogP contribution in [0.4, 0.5) is 5.95 Å². The van der Waals surface area contributed by atoms with E-state index in [2.05, 4.69) is 20.2 Å². The molecule has 0 saturated carbocycles. The zero-order valence-electron chi connectivity index (χ0n) is 15.7. The monoisotopic (exact) mass is 418 g/mol. The molecule has 0 radical (unpaired) electrons. The van der Waals surface area contributed by atoms with Crippen LogP contribution in [-0.4, -0.2) is 46.0 Å². The van der Waals surface area contributed by atoms with E-state index >= 15 is 0 Å². The molecule has 0 spiro atoms. The summed E-state index contributed by atoms with van der Waals surface area (Å²) in [7, 11) is -3.54. The third-order valence-corrected chi connectivity index (χ3v) is 8.24. The SMILES string of the molecule is Cc1cc(-c2cc(S(=O)(=O)N3CCC(c4ccnc(N)n4)CC3)c(C)s2)n[nH]1. The summed E-state index contributed by atoms with van der Waals surface area (Å²) in [5.74, 6) is 0.450. The number of nitrogen functional groups attached to an aromatic ring is 1.